The number of nitrogens with zero attached hydrogens (tertiary/aromatic N) is 1. The number of rotatable bonds is 13. The highest BCUT2D eigenvalue weighted by atomic mass is 35.5. The van der Waals surface area contributed by atoms with Gasteiger partial charge in [-0.3, -0.25) is 14.4 Å². The van der Waals surface area contributed by atoms with Crippen LogP contribution in [0.25, 0.3) is 0 Å². The average molecular weight is 597 g/mol. The topological polar surface area (TPSA) is 131 Å². The molecular formula is C32H41ClN4O5. The van der Waals surface area contributed by atoms with Gasteiger partial charge in [0.05, 0.1) is 17.1 Å². The van der Waals surface area contributed by atoms with E-state index in [1.54, 1.807) is 70.2 Å². The molecule has 0 aromatic heterocycles. The Bertz CT molecular complexity index is 1280. The number of terminal acetylenes is 1. The number of carbonyl (C=O) groups is 4. The van der Waals surface area contributed by atoms with Gasteiger partial charge in [0.25, 0.3) is 5.91 Å². The number of hydrogen-bond donors (Lipinski definition) is 3. The Labute approximate surface area is 253 Å². The van der Waals surface area contributed by atoms with Crippen molar-refractivity contribution in [1.29, 1.82) is 0 Å². The Morgan fingerprint density at radius 2 is 1.74 bits per heavy atom. The van der Waals surface area contributed by atoms with Crippen molar-refractivity contribution in [2.45, 2.75) is 84.4 Å². The predicted molar refractivity (Wildman–Crippen MR) is 165 cm³/mol. The number of primary amides is 1. The quantitative estimate of drug-likeness (QED) is 0.208. The fourth-order valence-corrected chi connectivity index (χ4v) is 4.61. The third-order valence-corrected chi connectivity index (χ3v) is 6.67. The van der Waals surface area contributed by atoms with E-state index < -0.39 is 47.9 Å². The summed E-state index contributed by atoms with van der Waals surface area (Å²) in [6.07, 6.45) is 7.43. The van der Waals surface area contributed by atoms with Gasteiger partial charge >= 0.3 is 6.09 Å². The molecular weight excluding hydrogens is 556 g/mol. The summed E-state index contributed by atoms with van der Waals surface area (Å²) in [6.45, 7) is 9.06. The van der Waals surface area contributed by atoms with Crippen molar-refractivity contribution in [2.75, 3.05) is 11.9 Å². The van der Waals surface area contributed by atoms with Gasteiger partial charge in [0.15, 0.2) is 0 Å². The zero-order valence-electron chi connectivity index (χ0n) is 25.0. The second-order valence-corrected chi connectivity index (χ2v) is 11.5. The smallest absolute Gasteiger partial charge is 0.408 e. The summed E-state index contributed by atoms with van der Waals surface area (Å²) >= 11 is 6.41. The maximum Gasteiger partial charge on any atom is 0.408 e. The first-order chi connectivity index (χ1) is 19.8. The molecule has 4 amide bonds. The lowest BCUT2D eigenvalue weighted by atomic mass is 9.99. The highest BCUT2D eigenvalue weighted by molar-refractivity contribution is 6.34. The summed E-state index contributed by atoms with van der Waals surface area (Å²) in [5.74, 6) is 0.554. The van der Waals surface area contributed by atoms with Crippen LogP contribution in [0.1, 0.15) is 82.5 Å². The summed E-state index contributed by atoms with van der Waals surface area (Å²) in [4.78, 5) is 54.3. The van der Waals surface area contributed by atoms with Gasteiger partial charge in [-0.05, 0) is 63.4 Å². The molecule has 0 aliphatic heterocycles. The number of para-hydroxylation sites is 1. The number of ether oxygens (including phenoxy) is 1. The van der Waals surface area contributed by atoms with Crippen LogP contribution in [-0.4, -0.2) is 46.9 Å². The minimum absolute atomic E-state index is 0.167. The lowest BCUT2D eigenvalue weighted by Gasteiger charge is -2.34. The second-order valence-electron chi connectivity index (χ2n) is 11.1. The highest BCUT2D eigenvalue weighted by Gasteiger charge is 2.37. The molecule has 2 aromatic carbocycles. The van der Waals surface area contributed by atoms with Crippen molar-refractivity contribution in [3.05, 3.63) is 64.2 Å². The van der Waals surface area contributed by atoms with Gasteiger partial charge in [-0.2, -0.15) is 0 Å². The summed E-state index contributed by atoms with van der Waals surface area (Å²) in [7, 11) is 0. The monoisotopic (exact) mass is 596 g/mol. The van der Waals surface area contributed by atoms with E-state index in [1.807, 2.05) is 0 Å². The molecule has 2 rings (SSSR count). The van der Waals surface area contributed by atoms with Crippen LogP contribution in [0, 0.1) is 19.3 Å². The minimum Gasteiger partial charge on any atom is -0.444 e. The molecule has 10 heteroatoms. The maximum absolute atomic E-state index is 14.2. The number of alkyl carbamates (subject to hydrolysis) is 1. The van der Waals surface area contributed by atoms with E-state index in [-0.39, 0.29) is 6.54 Å². The molecule has 0 aliphatic rings. The van der Waals surface area contributed by atoms with Gasteiger partial charge in [-0.1, -0.05) is 68.0 Å². The molecule has 0 spiro atoms. The average Bonchev–Trinajstić information content (AvgIpc) is 2.90. The first-order valence-corrected chi connectivity index (χ1v) is 14.4. The molecule has 0 saturated carbocycles. The fraction of sp³-hybridized carbons (Fsp3) is 0.438. The molecule has 2 unspecified atom stereocenters. The number of anilines is 1. The number of unbranched alkanes of at least 4 members (excludes halogenated alkanes) is 3. The lowest BCUT2D eigenvalue weighted by molar-refractivity contribution is -0.142. The number of amides is 4. The highest BCUT2D eigenvalue weighted by Crippen LogP contribution is 2.30. The van der Waals surface area contributed by atoms with Crippen LogP contribution in [0.2, 0.25) is 5.02 Å². The number of aryl methyl sites for hydroxylation is 1. The van der Waals surface area contributed by atoms with Gasteiger partial charge < -0.3 is 26.0 Å². The molecule has 226 valence electrons. The summed E-state index contributed by atoms with van der Waals surface area (Å²) < 4.78 is 5.33. The summed E-state index contributed by atoms with van der Waals surface area (Å²) in [5.41, 5.74) is 6.85. The molecule has 0 saturated heterocycles. The van der Waals surface area contributed by atoms with E-state index in [2.05, 4.69) is 23.5 Å². The van der Waals surface area contributed by atoms with E-state index in [4.69, 9.17) is 28.5 Å². The van der Waals surface area contributed by atoms with Crippen molar-refractivity contribution in [3.8, 4) is 12.3 Å². The molecule has 9 nitrogen and oxygen atoms in total. The van der Waals surface area contributed by atoms with Gasteiger partial charge in [0.2, 0.25) is 11.8 Å². The number of nitrogens with one attached hydrogen (secondary N) is 2. The van der Waals surface area contributed by atoms with Gasteiger partial charge in [0, 0.05) is 12.1 Å². The van der Waals surface area contributed by atoms with Crippen LogP contribution in [-0.2, 0) is 19.1 Å². The third-order valence-electron chi connectivity index (χ3n) is 6.35. The van der Waals surface area contributed by atoms with Crippen LogP contribution in [0.4, 0.5) is 10.5 Å². The molecule has 0 aliphatic carbocycles. The van der Waals surface area contributed by atoms with Gasteiger partial charge in [-0.25, -0.2) is 4.79 Å². The van der Waals surface area contributed by atoms with E-state index in [0.29, 0.717) is 28.3 Å². The number of nitrogens with two attached hydrogens (primary N) is 1. The minimum atomic E-state index is -1.37. The molecule has 4 N–H and O–H groups in total. The first-order valence-electron chi connectivity index (χ1n) is 14.0. The normalized spacial score (nSPS) is 12.4. The first kappa shape index (κ1) is 34.2. The summed E-state index contributed by atoms with van der Waals surface area (Å²) in [6, 6.07) is 9.41. The Morgan fingerprint density at radius 3 is 2.29 bits per heavy atom. The van der Waals surface area contributed by atoms with Crippen LogP contribution in [0.5, 0.6) is 0 Å². The van der Waals surface area contributed by atoms with Crippen molar-refractivity contribution < 1.29 is 23.9 Å². The van der Waals surface area contributed by atoms with Gasteiger partial charge in [0.1, 0.15) is 17.7 Å². The van der Waals surface area contributed by atoms with E-state index >= 15 is 0 Å². The fourth-order valence-electron chi connectivity index (χ4n) is 4.34. The SMILES string of the molecule is C#Cc1ccc(C(C(=O)Nc2c(C)cccc2Cl)N(CCCCCC)C(=O)C(CC(N)=O)NC(=O)OC(C)(C)C)cc1. The number of halogens is 1. The lowest BCUT2D eigenvalue weighted by Crippen LogP contribution is -2.53. The second kappa shape index (κ2) is 15.8. The number of hydrogen-bond acceptors (Lipinski definition) is 5. The molecule has 2 aromatic rings. The van der Waals surface area contributed by atoms with Crippen molar-refractivity contribution in [1.82, 2.24) is 10.2 Å². The standard InChI is InChI=1S/C32H41ClN4O5/c1-7-9-10-11-19-37(30(40)25(20-26(34)38)35-31(41)42-32(4,5)6)28(23-17-15-22(8-2)16-18-23)29(39)36-27-21(3)13-12-14-24(27)33/h2,12-18,25,28H,7,9-11,19-20H2,1,3-6H3,(H2,34,38)(H,35,41)(H,36,39). The van der Waals surface area contributed by atoms with Crippen molar-refractivity contribution in [3.63, 3.8) is 0 Å². The zero-order valence-corrected chi connectivity index (χ0v) is 25.7. The molecule has 0 radical (unpaired) electrons. The summed E-state index contributed by atoms with van der Waals surface area (Å²) in [5, 5.41) is 5.71. The molecule has 2 atom stereocenters. The van der Waals surface area contributed by atoms with E-state index in [0.717, 1.165) is 24.8 Å². The van der Waals surface area contributed by atoms with Crippen LogP contribution in [0.3, 0.4) is 0 Å². The number of carbonyl (C=O) groups excluding carboxylic acids is 4. The van der Waals surface area contributed by atoms with Crippen LogP contribution >= 0.6 is 11.6 Å². The van der Waals surface area contributed by atoms with E-state index in [9.17, 15) is 19.2 Å². The molecule has 42 heavy (non-hydrogen) atoms. The van der Waals surface area contributed by atoms with Gasteiger partial charge in [-0.15, -0.1) is 6.42 Å². The molecule has 0 fully saturated rings. The zero-order chi connectivity index (χ0) is 31.4. The van der Waals surface area contributed by atoms with Crippen LogP contribution < -0.4 is 16.4 Å². The Kier molecular flexibility index (Phi) is 12.9. The van der Waals surface area contributed by atoms with Crippen LogP contribution in [0.15, 0.2) is 42.5 Å². The van der Waals surface area contributed by atoms with Crippen molar-refractivity contribution >= 4 is 41.1 Å². The largest absolute Gasteiger partial charge is 0.444 e. The Balaban J connectivity index is 2.61. The Hall–Kier alpha value is -4.03. The van der Waals surface area contributed by atoms with Crippen molar-refractivity contribution in [2.24, 2.45) is 5.73 Å². The molecule has 0 bridgehead atoms. The molecule has 0 heterocycles. The van der Waals surface area contributed by atoms with E-state index in [1.165, 1.54) is 4.90 Å². The Morgan fingerprint density at radius 1 is 1.07 bits per heavy atom. The third kappa shape index (κ3) is 10.4. The maximum atomic E-state index is 14.2. The predicted octanol–water partition coefficient (Wildman–Crippen LogP) is 5.49. The number of benzene rings is 2.